The summed E-state index contributed by atoms with van der Waals surface area (Å²) >= 11 is 1.18. The molecule has 198 valence electrons. The molecule has 4 aromatic rings. The van der Waals surface area contributed by atoms with Gasteiger partial charge in [-0.2, -0.15) is 27.0 Å². The highest BCUT2D eigenvalue weighted by molar-refractivity contribution is 7.59. The van der Waals surface area contributed by atoms with E-state index in [-0.39, 0.29) is 33.5 Å². The van der Waals surface area contributed by atoms with Gasteiger partial charge in [-0.1, -0.05) is 18.2 Å². The molecule has 0 radical (unpaired) electrons. The number of thiophene rings is 1. The van der Waals surface area contributed by atoms with Crippen LogP contribution in [0.25, 0.3) is 10.2 Å². The highest BCUT2D eigenvalue weighted by atomic mass is 32.1. The molecule has 12 heteroatoms. The first-order chi connectivity index (χ1) is 17.5. The number of nitrogens with one attached hydrogen (secondary N) is 3. The van der Waals surface area contributed by atoms with E-state index in [1.807, 2.05) is 55.5 Å². The van der Waals surface area contributed by atoms with E-state index in [0.717, 1.165) is 11.3 Å². The topological polar surface area (TPSA) is 95.6 Å². The molecule has 6 rings (SSSR count). The first kappa shape index (κ1) is 27.7. The molecule has 2 aliphatic rings. The summed E-state index contributed by atoms with van der Waals surface area (Å²) in [6, 6.07) is 15.7. The van der Waals surface area contributed by atoms with Crippen molar-refractivity contribution in [1.82, 2.24) is 15.6 Å². The maximum absolute atomic E-state index is 14.0. The number of alkyl halides is 1. The Kier molecular flexibility index (Phi) is 8.16. The highest BCUT2D eigenvalue weighted by Crippen LogP contribution is 2.46. The van der Waals surface area contributed by atoms with Gasteiger partial charge < -0.3 is 20.7 Å². The minimum absolute atomic E-state index is 0. The Bertz CT molecular complexity index is 1500. The van der Waals surface area contributed by atoms with Gasteiger partial charge in [-0.15, -0.1) is 11.3 Å². The maximum Gasteiger partial charge on any atom is 0.331 e. The number of halogens is 1. The molecule has 0 aliphatic carbocycles. The third-order valence-electron chi connectivity index (χ3n) is 6.30. The largest absolute Gasteiger partial charge is 0.457 e. The van der Waals surface area contributed by atoms with Gasteiger partial charge in [0, 0.05) is 19.3 Å². The van der Waals surface area contributed by atoms with E-state index in [1.165, 1.54) is 11.3 Å². The van der Waals surface area contributed by atoms with Gasteiger partial charge >= 0.3 is 6.03 Å². The SMILES string of the molecule is Cc1cc(Oc2ccccc2)ccc1N1C(=O)Nc2c(C(=O)N[C@H]3CNC[C@@H]3F)sc3nccc1c23.S.S. The minimum atomic E-state index is -1.16. The molecule has 4 heterocycles. The first-order valence-corrected chi connectivity index (χ1v) is 12.3. The van der Waals surface area contributed by atoms with Crippen molar-refractivity contribution in [2.45, 2.75) is 19.1 Å². The van der Waals surface area contributed by atoms with Crippen molar-refractivity contribution in [1.29, 1.82) is 0 Å². The second-order valence-corrected chi connectivity index (χ2v) is 9.70. The molecule has 0 unspecified atom stereocenters. The number of carbonyl (C=O) groups excluding carboxylic acids is 2. The van der Waals surface area contributed by atoms with Crippen LogP contribution in [-0.2, 0) is 0 Å². The zero-order chi connectivity index (χ0) is 24.8. The normalized spacial score (nSPS) is 17.8. The van der Waals surface area contributed by atoms with Crippen LogP contribution in [0.5, 0.6) is 11.5 Å². The van der Waals surface area contributed by atoms with E-state index in [2.05, 4.69) is 20.9 Å². The number of hydrogen-bond donors (Lipinski definition) is 3. The third kappa shape index (κ3) is 4.92. The zero-order valence-corrected chi connectivity index (χ0v) is 23.1. The average molecular weight is 572 g/mol. The lowest BCUT2D eigenvalue weighted by Crippen LogP contribution is -2.41. The van der Waals surface area contributed by atoms with Crippen molar-refractivity contribution in [2.75, 3.05) is 23.3 Å². The van der Waals surface area contributed by atoms with E-state index < -0.39 is 24.2 Å². The molecule has 8 nitrogen and oxygen atoms in total. The number of benzene rings is 2. The molecule has 0 saturated carbocycles. The standard InChI is InChI=1S/C26H22FN5O3S.2H2S/c1-14-11-16(35-15-5-3-2-4-6-15)7-8-19(14)32-20-9-10-29-25-21(20)22(31-26(32)34)23(36-25)24(33)30-18-13-28-12-17(18)27;;/h2-11,17-18,28H,12-13H2,1H3,(H,30,33)(H,31,34);2*1H2/t17-,18-;;/m0../s1. The van der Waals surface area contributed by atoms with Crippen LogP contribution in [0.15, 0.2) is 60.8 Å². The minimum Gasteiger partial charge on any atom is -0.457 e. The number of urea groups is 1. The lowest BCUT2D eigenvalue weighted by atomic mass is 10.1. The number of nitrogens with zero attached hydrogens (tertiary/aromatic N) is 2. The van der Waals surface area contributed by atoms with E-state index in [0.29, 0.717) is 44.5 Å². The number of rotatable bonds is 5. The molecule has 3 N–H and O–H groups in total. The molecular weight excluding hydrogens is 546 g/mol. The van der Waals surface area contributed by atoms with Crippen LogP contribution >= 0.6 is 38.3 Å². The number of para-hydroxylation sites is 1. The van der Waals surface area contributed by atoms with Crippen molar-refractivity contribution >= 4 is 77.5 Å². The summed E-state index contributed by atoms with van der Waals surface area (Å²) in [5, 5.41) is 9.22. The number of aromatic nitrogens is 1. The molecule has 1 saturated heterocycles. The fourth-order valence-electron chi connectivity index (χ4n) is 4.57. The van der Waals surface area contributed by atoms with Gasteiger partial charge in [0.05, 0.1) is 28.5 Å². The number of ether oxygens (including phenoxy) is 1. The quantitative estimate of drug-likeness (QED) is 0.300. The van der Waals surface area contributed by atoms with Crippen molar-refractivity contribution in [3.63, 3.8) is 0 Å². The van der Waals surface area contributed by atoms with E-state index in [1.54, 1.807) is 17.2 Å². The zero-order valence-electron chi connectivity index (χ0n) is 20.2. The number of amides is 3. The summed E-state index contributed by atoms with van der Waals surface area (Å²) < 4.78 is 20.0. The predicted octanol–water partition coefficient (Wildman–Crippen LogP) is 5.35. The molecule has 2 aliphatic heterocycles. The number of pyridine rings is 1. The summed E-state index contributed by atoms with van der Waals surface area (Å²) in [4.78, 5) is 33.3. The van der Waals surface area contributed by atoms with Crippen LogP contribution in [0, 0.1) is 6.92 Å². The molecule has 1 fully saturated rings. The Labute approximate surface area is 236 Å². The van der Waals surface area contributed by atoms with Crippen LogP contribution in [0.3, 0.4) is 0 Å². The van der Waals surface area contributed by atoms with Gasteiger partial charge in [0.15, 0.2) is 0 Å². The molecule has 3 amide bonds. The fraction of sp³-hybridized carbons (Fsp3) is 0.192. The van der Waals surface area contributed by atoms with Gasteiger partial charge in [0.2, 0.25) is 0 Å². The first-order valence-electron chi connectivity index (χ1n) is 11.5. The monoisotopic (exact) mass is 571 g/mol. The number of hydrogen-bond acceptors (Lipinski definition) is 6. The summed E-state index contributed by atoms with van der Waals surface area (Å²) in [7, 11) is 0. The molecule has 2 atom stereocenters. The Morgan fingerprint density at radius 2 is 1.89 bits per heavy atom. The molecule has 38 heavy (non-hydrogen) atoms. The Balaban J connectivity index is 0.00000168. The van der Waals surface area contributed by atoms with Crippen LogP contribution in [0.1, 0.15) is 15.2 Å². The second kappa shape index (κ2) is 11.2. The molecule has 2 aromatic carbocycles. The van der Waals surface area contributed by atoms with Crippen molar-refractivity contribution in [2.24, 2.45) is 0 Å². The highest BCUT2D eigenvalue weighted by Gasteiger charge is 2.35. The van der Waals surface area contributed by atoms with E-state index in [4.69, 9.17) is 4.74 Å². The number of aryl methyl sites for hydroxylation is 1. The van der Waals surface area contributed by atoms with Crippen molar-refractivity contribution in [3.8, 4) is 11.5 Å². The maximum atomic E-state index is 14.0. The molecule has 0 bridgehead atoms. The van der Waals surface area contributed by atoms with Crippen LogP contribution in [0.4, 0.5) is 26.2 Å². The summed E-state index contributed by atoms with van der Waals surface area (Å²) in [6.45, 7) is 2.47. The van der Waals surface area contributed by atoms with Crippen LogP contribution < -0.4 is 25.6 Å². The second-order valence-electron chi connectivity index (χ2n) is 8.70. The van der Waals surface area contributed by atoms with Crippen molar-refractivity contribution in [3.05, 3.63) is 71.2 Å². The van der Waals surface area contributed by atoms with E-state index >= 15 is 0 Å². The Morgan fingerprint density at radius 1 is 1.11 bits per heavy atom. The lowest BCUT2D eigenvalue weighted by Gasteiger charge is -2.29. The average Bonchev–Trinajstić information content (AvgIpc) is 3.45. The molecule has 2 aromatic heterocycles. The summed E-state index contributed by atoms with van der Waals surface area (Å²) in [5.74, 6) is 0.947. The smallest absolute Gasteiger partial charge is 0.331 e. The van der Waals surface area contributed by atoms with Crippen LogP contribution in [0.2, 0.25) is 0 Å². The summed E-state index contributed by atoms with van der Waals surface area (Å²) in [5.41, 5.74) is 2.54. The fourth-order valence-corrected chi connectivity index (χ4v) is 5.60. The Hall–Kier alpha value is -3.32. The number of carbonyl (C=O) groups is 2. The van der Waals surface area contributed by atoms with Gasteiger partial charge in [-0.3, -0.25) is 9.69 Å². The van der Waals surface area contributed by atoms with Crippen molar-refractivity contribution < 1.29 is 18.7 Å². The van der Waals surface area contributed by atoms with Gasteiger partial charge in [0.1, 0.15) is 27.4 Å². The molecule has 0 spiro atoms. The Morgan fingerprint density at radius 3 is 2.61 bits per heavy atom. The summed E-state index contributed by atoms with van der Waals surface area (Å²) in [6.07, 6.45) is 0.460. The predicted molar refractivity (Wildman–Crippen MR) is 158 cm³/mol. The van der Waals surface area contributed by atoms with Gasteiger partial charge in [-0.05, 0) is 48.9 Å². The van der Waals surface area contributed by atoms with Crippen LogP contribution in [-0.4, -0.2) is 42.2 Å². The van der Waals surface area contributed by atoms with Gasteiger partial charge in [0.25, 0.3) is 5.91 Å². The number of anilines is 3. The molecular formula is C26H26FN5O3S3. The lowest BCUT2D eigenvalue weighted by molar-refractivity contribution is 0.0929. The third-order valence-corrected chi connectivity index (χ3v) is 7.39. The van der Waals surface area contributed by atoms with Gasteiger partial charge in [-0.25, -0.2) is 14.2 Å². The van der Waals surface area contributed by atoms with E-state index in [9.17, 15) is 14.0 Å².